The molecular formula is C11H8N4O3. The molecule has 0 bridgehead atoms. The Morgan fingerprint density at radius 1 is 1.39 bits per heavy atom. The summed E-state index contributed by atoms with van der Waals surface area (Å²) < 4.78 is 1.61. The van der Waals surface area contributed by atoms with Gasteiger partial charge in [0.2, 0.25) is 0 Å². The summed E-state index contributed by atoms with van der Waals surface area (Å²) in [6.45, 7) is 0. The quantitative estimate of drug-likeness (QED) is 0.626. The lowest BCUT2D eigenvalue weighted by Gasteiger charge is -1.95. The second-order valence-electron chi connectivity index (χ2n) is 3.69. The molecule has 0 saturated carbocycles. The Balaban J connectivity index is 2.24. The first-order valence-electron chi connectivity index (χ1n) is 5.12. The van der Waals surface area contributed by atoms with E-state index in [1.807, 2.05) is 12.1 Å². The van der Waals surface area contributed by atoms with Crippen molar-refractivity contribution in [3.05, 3.63) is 36.3 Å². The van der Waals surface area contributed by atoms with Gasteiger partial charge < -0.3 is 10.2 Å². The van der Waals surface area contributed by atoms with Crippen LogP contribution >= 0.6 is 0 Å². The topological polar surface area (TPSA) is 104 Å². The van der Waals surface area contributed by atoms with E-state index in [1.54, 1.807) is 16.8 Å². The number of carboxylic acid groups (broad SMARTS) is 1. The van der Waals surface area contributed by atoms with Crippen LogP contribution in [0.25, 0.3) is 16.8 Å². The number of nitrogens with zero attached hydrogens (tertiary/aromatic N) is 3. The molecule has 0 aliphatic heterocycles. The molecule has 7 nitrogen and oxygen atoms in total. The summed E-state index contributed by atoms with van der Waals surface area (Å²) in [5.74, 6) is -1.65. The van der Waals surface area contributed by atoms with Gasteiger partial charge in [-0.25, -0.2) is 9.31 Å². The van der Waals surface area contributed by atoms with Gasteiger partial charge in [0.1, 0.15) is 5.69 Å². The number of aromatic amines is 1. The first-order valence-corrected chi connectivity index (χ1v) is 5.12. The first-order chi connectivity index (χ1) is 8.68. The molecule has 0 spiro atoms. The molecule has 0 aromatic carbocycles. The lowest BCUT2D eigenvalue weighted by molar-refractivity contribution is 0.0687. The first kappa shape index (κ1) is 10.3. The molecule has 0 unspecified atom stereocenters. The standard InChI is InChI=1S/C11H8N4O3/c16-10-8(13-14-9(10)11(17)18)6-5-12-15-4-2-1-3-7(6)15/h1-5,16H,(H,13,14)(H,17,18). The molecule has 3 aromatic rings. The molecule has 7 heteroatoms. The molecule has 0 radical (unpaired) electrons. The smallest absolute Gasteiger partial charge is 0.357 e. The van der Waals surface area contributed by atoms with Crippen LogP contribution in [-0.4, -0.2) is 36.0 Å². The van der Waals surface area contributed by atoms with Crippen molar-refractivity contribution < 1.29 is 15.0 Å². The summed E-state index contributed by atoms with van der Waals surface area (Å²) in [7, 11) is 0. The van der Waals surface area contributed by atoms with Crippen LogP contribution in [0.3, 0.4) is 0 Å². The number of H-pyrrole nitrogens is 1. The molecule has 0 amide bonds. The fourth-order valence-corrected chi connectivity index (χ4v) is 1.79. The third-order valence-corrected chi connectivity index (χ3v) is 2.64. The number of carbonyl (C=O) groups is 1. The highest BCUT2D eigenvalue weighted by atomic mass is 16.4. The van der Waals surface area contributed by atoms with Gasteiger partial charge in [-0.05, 0) is 12.1 Å². The van der Waals surface area contributed by atoms with E-state index in [4.69, 9.17) is 5.11 Å². The van der Waals surface area contributed by atoms with Crippen LogP contribution in [0.15, 0.2) is 30.6 Å². The monoisotopic (exact) mass is 244 g/mol. The van der Waals surface area contributed by atoms with Gasteiger partial charge in [0.25, 0.3) is 0 Å². The highest BCUT2D eigenvalue weighted by Gasteiger charge is 2.21. The molecule has 90 valence electrons. The molecular weight excluding hydrogens is 236 g/mol. The van der Waals surface area contributed by atoms with Gasteiger partial charge in [-0.3, -0.25) is 5.10 Å². The van der Waals surface area contributed by atoms with E-state index in [-0.39, 0.29) is 17.1 Å². The number of fused-ring (bicyclic) bond motifs is 1. The van der Waals surface area contributed by atoms with Gasteiger partial charge in [-0.15, -0.1) is 0 Å². The average molecular weight is 244 g/mol. The fourth-order valence-electron chi connectivity index (χ4n) is 1.79. The van der Waals surface area contributed by atoms with Crippen molar-refractivity contribution in [2.75, 3.05) is 0 Å². The van der Waals surface area contributed by atoms with Crippen molar-refractivity contribution >= 4 is 11.5 Å². The van der Waals surface area contributed by atoms with Crippen LogP contribution in [0.1, 0.15) is 10.5 Å². The lowest BCUT2D eigenvalue weighted by atomic mass is 10.2. The average Bonchev–Trinajstić information content (AvgIpc) is 2.92. The van der Waals surface area contributed by atoms with Crippen molar-refractivity contribution in [2.24, 2.45) is 0 Å². The van der Waals surface area contributed by atoms with Crippen molar-refractivity contribution in [2.45, 2.75) is 0 Å². The van der Waals surface area contributed by atoms with E-state index in [1.165, 1.54) is 6.20 Å². The Bertz CT molecular complexity index is 744. The van der Waals surface area contributed by atoms with Gasteiger partial charge in [0.15, 0.2) is 11.4 Å². The number of aromatic carboxylic acids is 1. The van der Waals surface area contributed by atoms with Gasteiger partial charge in [0, 0.05) is 6.20 Å². The van der Waals surface area contributed by atoms with Crippen molar-refractivity contribution in [1.29, 1.82) is 0 Å². The Hall–Kier alpha value is -2.83. The second kappa shape index (κ2) is 3.59. The summed E-state index contributed by atoms with van der Waals surface area (Å²) in [6.07, 6.45) is 3.28. The normalized spacial score (nSPS) is 10.9. The zero-order chi connectivity index (χ0) is 12.7. The number of hydrogen-bond donors (Lipinski definition) is 3. The minimum absolute atomic E-state index is 0.175. The highest BCUT2D eigenvalue weighted by Crippen LogP contribution is 2.32. The Morgan fingerprint density at radius 2 is 2.22 bits per heavy atom. The number of aromatic hydroxyl groups is 1. The van der Waals surface area contributed by atoms with Gasteiger partial charge >= 0.3 is 5.97 Å². The lowest BCUT2D eigenvalue weighted by Crippen LogP contribution is -1.96. The Labute approximate surface area is 100 Å². The van der Waals surface area contributed by atoms with Gasteiger partial charge in [-0.1, -0.05) is 6.07 Å². The molecule has 3 N–H and O–H groups in total. The number of hydrogen-bond acceptors (Lipinski definition) is 4. The molecule has 0 aliphatic carbocycles. The van der Waals surface area contributed by atoms with Crippen LogP contribution in [0, 0.1) is 0 Å². The molecule has 0 saturated heterocycles. The van der Waals surface area contributed by atoms with Crippen LogP contribution in [0.2, 0.25) is 0 Å². The molecule has 3 aromatic heterocycles. The van der Waals surface area contributed by atoms with E-state index in [9.17, 15) is 9.90 Å². The van der Waals surface area contributed by atoms with Crippen LogP contribution in [0.4, 0.5) is 0 Å². The van der Waals surface area contributed by atoms with Crippen molar-refractivity contribution in [1.82, 2.24) is 19.8 Å². The minimum Gasteiger partial charge on any atom is -0.504 e. The molecule has 18 heavy (non-hydrogen) atoms. The molecule has 3 heterocycles. The Morgan fingerprint density at radius 3 is 2.94 bits per heavy atom. The SMILES string of the molecule is O=C(O)c1[nH]nc(-c2cnn3ccccc23)c1O. The molecule has 0 aliphatic rings. The number of carboxylic acids is 1. The highest BCUT2D eigenvalue weighted by molar-refractivity contribution is 5.93. The summed E-state index contributed by atoms with van der Waals surface area (Å²) in [5, 5.41) is 28.9. The summed E-state index contributed by atoms with van der Waals surface area (Å²) in [6, 6.07) is 5.44. The van der Waals surface area contributed by atoms with E-state index < -0.39 is 5.97 Å². The van der Waals surface area contributed by atoms with E-state index in [2.05, 4.69) is 15.3 Å². The summed E-state index contributed by atoms with van der Waals surface area (Å²) in [5.41, 5.74) is 1.14. The van der Waals surface area contributed by atoms with Crippen molar-refractivity contribution in [3.8, 4) is 17.0 Å². The number of rotatable bonds is 2. The third-order valence-electron chi connectivity index (χ3n) is 2.64. The van der Waals surface area contributed by atoms with Gasteiger partial charge in [-0.2, -0.15) is 10.2 Å². The predicted octanol–water partition coefficient (Wildman–Crippen LogP) is 1.13. The van der Waals surface area contributed by atoms with E-state index >= 15 is 0 Å². The maximum absolute atomic E-state index is 10.8. The largest absolute Gasteiger partial charge is 0.504 e. The van der Waals surface area contributed by atoms with Crippen LogP contribution < -0.4 is 0 Å². The minimum atomic E-state index is -1.26. The third kappa shape index (κ3) is 1.34. The summed E-state index contributed by atoms with van der Waals surface area (Å²) in [4.78, 5) is 10.8. The number of pyridine rings is 1. The molecule has 0 fully saturated rings. The van der Waals surface area contributed by atoms with Crippen molar-refractivity contribution in [3.63, 3.8) is 0 Å². The number of aromatic nitrogens is 4. The predicted molar refractivity (Wildman–Crippen MR) is 61.4 cm³/mol. The maximum atomic E-state index is 10.8. The second-order valence-corrected chi connectivity index (χ2v) is 3.69. The summed E-state index contributed by atoms with van der Waals surface area (Å²) >= 11 is 0. The number of nitrogens with one attached hydrogen (secondary N) is 1. The molecule has 0 atom stereocenters. The maximum Gasteiger partial charge on any atom is 0.357 e. The van der Waals surface area contributed by atoms with Gasteiger partial charge in [0.05, 0.1) is 17.3 Å². The van der Waals surface area contributed by atoms with E-state index in [0.29, 0.717) is 5.56 Å². The van der Waals surface area contributed by atoms with E-state index in [0.717, 1.165) is 5.52 Å². The fraction of sp³-hybridized carbons (Fsp3) is 0. The zero-order valence-corrected chi connectivity index (χ0v) is 9.03. The molecule has 3 rings (SSSR count). The van der Waals surface area contributed by atoms with Crippen LogP contribution in [-0.2, 0) is 0 Å². The Kier molecular flexibility index (Phi) is 2.06. The van der Waals surface area contributed by atoms with Crippen LogP contribution in [0.5, 0.6) is 5.75 Å². The zero-order valence-electron chi connectivity index (χ0n) is 9.03.